The van der Waals surface area contributed by atoms with Crippen molar-refractivity contribution in [2.75, 3.05) is 69.2 Å². The average Bonchev–Trinajstić information content (AvgIpc) is 2.75. The first-order valence-electron chi connectivity index (χ1n) is 11.8. The zero-order chi connectivity index (χ0) is 21.8. The number of piperidine rings is 1. The Morgan fingerprint density at radius 3 is 2.39 bits per heavy atom. The maximum atomic E-state index is 12.8. The van der Waals surface area contributed by atoms with Crippen LogP contribution in [0.1, 0.15) is 32.3 Å². The van der Waals surface area contributed by atoms with E-state index in [0.29, 0.717) is 18.1 Å². The minimum atomic E-state index is 0.0225. The van der Waals surface area contributed by atoms with Gasteiger partial charge in [0, 0.05) is 57.2 Å². The van der Waals surface area contributed by atoms with E-state index < -0.39 is 0 Å². The molecular formula is C24H38N4O3. The van der Waals surface area contributed by atoms with Crippen LogP contribution in [0.4, 0.5) is 16.2 Å². The Labute approximate surface area is 186 Å². The summed E-state index contributed by atoms with van der Waals surface area (Å²) in [6.07, 6.45) is 2.77. The molecule has 0 aromatic heterocycles. The first-order valence-corrected chi connectivity index (χ1v) is 11.8. The van der Waals surface area contributed by atoms with Gasteiger partial charge in [0.15, 0.2) is 0 Å². The molecule has 7 heteroatoms. The Balaban J connectivity index is 1.25. The highest BCUT2D eigenvalue weighted by Gasteiger charge is 2.28. The molecule has 31 heavy (non-hydrogen) atoms. The molecule has 7 nitrogen and oxygen atoms in total. The van der Waals surface area contributed by atoms with Gasteiger partial charge in [-0.15, -0.1) is 0 Å². The van der Waals surface area contributed by atoms with E-state index in [1.54, 1.807) is 0 Å². The minimum Gasteiger partial charge on any atom is -0.378 e. The molecule has 0 saturated carbocycles. The van der Waals surface area contributed by atoms with Gasteiger partial charge < -0.3 is 24.6 Å². The fourth-order valence-corrected chi connectivity index (χ4v) is 5.12. The van der Waals surface area contributed by atoms with Gasteiger partial charge in [-0.3, -0.25) is 4.90 Å². The third-order valence-corrected chi connectivity index (χ3v) is 6.74. The quantitative estimate of drug-likeness (QED) is 0.795. The zero-order valence-electron chi connectivity index (χ0n) is 19.3. The number of urea groups is 1. The van der Waals surface area contributed by atoms with E-state index in [9.17, 15) is 4.79 Å². The van der Waals surface area contributed by atoms with Crippen molar-refractivity contribution in [3.8, 4) is 0 Å². The van der Waals surface area contributed by atoms with Crippen LogP contribution in [0.15, 0.2) is 18.2 Å². The van der Waals surface area contributed by atoms with Crippen molar-refractivity contribution >= 4 is 17.4 Å². The monoisotopic (exact) mass is 430 g/mol. The Morgan fingerprint density at radius 2 is 1.74 bits per heavy atom. The summed E-state index contributed by atoms with van der Waals surface area (Å²) in [5.41, 5.74) is 3.20. The smallest absolute Gasteiger partial charge is 0.321 e. The van der Waals surface area contributed by atoms with Gasteiger partial charge in [-0.05, 0) is 63.3 Å². The number of carbonyl (C=O) groups is 1. The Kier molecular flexibility index (Phi) is 7.35. The number of nitrogens with zero attached hydrogens (tertiary/aromatic N) is 3. The number of hydrogen-bond donors (Lipinski definition) is 1. The normalized spacial score (nSPS) is 26.2. The molecule has 2 amide bonds. The van der Waals surface area contributed by atoms with E-state index in [1.165, 1.54) is 5.69 Å². The Bertz CT molecular complexity index is 734. The second-order valence-corrected chi connectivity index (χ2v) is 9.44. The van der Waals surface area contributed by atoms with Crippen molar-refractivity contribution in [1.82, 2.24) is 9.80 Å². The zero-order valence-corrected chi connectivity index (χ0v) is 19.3. The van der Waals surface area contributed by atoms with Crippen molar-refractivity contribution in [2.45, 2.75) is 45.8 Å². The molecule has 172 valence electrons. The van der Waals surface area contributed by atoms with Gasteiger partial charge >= 0.3 is 6.03 Å². The van der Waals surface area contributed by atoms with Crippen molar-refractivity contribution in [3.05, 3.63) is 23.8 Å². The highest BCUT2D eigenvalue weighted by molar-refractivity contribution is 5.90. The van der Waals surface area contributed by atoms with Gasteiger partial charge in [0.1, 0.15) is 0 Å². The van der Waals surface area contributed by atoms with E-state index in [2.05, 4.69) is 48.0 Å². The van der Waals surface area contributed by atoms with E-state index >= 15 is 0 Å². The summed E-state index contributed by atoms with van der Waals surface area (Å²) in [6, 6.07) is 6.32. The maximum Gasteiger partial charge on any atom is 0.321 e. The van der Waals surface area contributed by atoms with Crippen LogP contribution in [0, 0.1) is 12.8 Å². The first-order chi connectivity index (χ1) is 15.0. The Hall–Kier alpha value is -1.83. The number of hydrogen-bond acceptors (Lipinski definition) is 5. The highest BCUT2D eigenvalue weighted by Crippen LogP contribution is 2.25. The second kappa shape index (κ2) is 10.2. The Morgan fingerprint density at radius 1 is 1.06 bits per heavy atom. The van der Waals surface area contributed by atoms with Crippen LogP contribution in [0.3, 0.4) is 0 Å². The standard InChI is InChI=1S/C24H38N4O3/c1-18-14-22(27-10-12-30-13-11-27)4-5-23(18)25-24(29)28-8-6-21(7-9-28)17-26-15-19(2)31-20(3)16-26/h4-5,14,19-21H,6-13,15-17H2,1-3H3,(H,25,29). The molecule has 3 saturated heterocycles. The highest BCUT2D eigenvalue weighted by atomic mass is 16.5. The van der Waals surface area contributed by atoms with Gasteiger partial charge in [0.05, 0.1) is 25.4 Å². The molecule has 0 bridgehead atoms. The fraction of sp³-hybridized carbons (Fsp3) is 0.708. The molecule has 3 aliphatic heterocycles. The molecular weight excluding hydrogens is 392 g/mol. The number of ether oxygens (including phenoxy) is 2. The molecule has 1 aromatic carbocycles. The molecule has 3 aliphatic rings. The molecule has 2 atom stereocenters. The lowest BCUT2D eigenvalue weighted by atomic mass is 9.96. The van der Waals surface area contributed by atoms with Crippen LogP contribution in [-0.4, -0.2) is 87.1 Å². The van der Waals surface area contributed by atoms with Crippen LogP contribution in [0.5, 0.6) is 0 Å². The molecule has 0 radical (unpaired) electrons. The number of benzene rings is 1. The molecule has 0 aliphatic carbocycles. The SMILES string of the molecule is Cc1cc(N2CCOCC2)ccc1NC(=O)N1CCC(CN2CC(C)OC(C)C2)CC1. The number of amides is 2. The van der Waals surface area contributed by atoms with Crippen LogP contribution in [0.25, 0.3) is 0 Å². The molecule has 3 heterocycles. The minimum absolute atomic E-state index is 0.0225. The van der Waals surface area contributed by atoms with Gasteiger partial charge in [0.2, 0.25) is 0 Å². The molecule has 3 fully saturated rings. The molecule has 0 spiro atoms. The van der Waals surface area contributed by atoms with E-state index in [-0.39, 0.29) is 6.03 Å². The number of nitrogens with one attached hydrogen (secondary N) is 1. The summed E-state index contributed by atoms with van der Waals surface area (Å²) in [5, 5.41) is 3.13. The molecule has 1 aromatic rings. The average molecular weight is 431 g/mol. The third kappa shape index (κ3) is 5.90. The lowest BCUT2D eigenvalue weighted by molar-refractivity contribution is -0.0728. The van der Waals surface area contributed by atoms with Crippen LogP contribution in [-0.2, 0) is 9.47 Å². The third-order valence-electron chi connectivity index (χ3n) is 6.74. The lowest BCUT2D eigenvalue weighted by Crippen LogP contribution is -2.49. The predicted molar refractivity (Wildman–Crippen MR) is 124 cm³/mol. The van der Waals surface area contributed by atoms with Crippen molar-refractivity contribution in [2.24, 2.45) is 5.92 Å². The van der Waals surface area contributed by atoms with E-state index in [1.807, 2.05) is 11.0 Å². The lowest BCUT2D eigenvalue weighted by Gasteiger charge is -2.39. The number of anilines is 2. The summed E-state index contributed by atoms with van der Waals surface area (Å²) in [7, 11) is 0. The van der Waals surface area contributed by atoms with Crippen molar-refractivity contribution < 1.29 is 14.3 Å². The largest absolute Gasteiger partial charge is 0.378 e. The number of carbonyl (C=O) groups excluding carboxylic acids is 1. The fourth-order valence-electron chi connectivity index (χ4n) is 5.12. The summed E-state index contributed by atoms with van der Waals surface area (Å²) in [5.74, 6) is 0.663. The first kappa shape index (κ1) is 22.4. The van der Waals surface area contributed by atoms with Gasteiger partial charge in [-0.25, -0.2) is 4.79 Å². The number of morpholine rings is 2. The molecule has 4 rings (SSSR count). The summed E-state index contributed by atoms with van der Waals surface area (Å²) < 4.78 is 11.3. The van der Waals surface area contributed by atoms with Crippen molar-refractivity contribution in [1.29, 1.82) is 0 Å². The predicted octanol–water partition coefficient (Wildman–Crippen LogP) is 3.18. The topological polar surface area (TPSA) is 57.3 Å². The number of aryl methyl sites for hydroxylation is 1. The van der Waals surface area contributed by atoms with Gasteiger partial charge in [0.25, 0.3) is 0 Å². The summed E-state index contributed by atoms with van der Waals surface area (Å²) in [6.45, 7) is 14.6. The summed E-state index contributed by atoms with van der Waals surface area (Å²) >= 11 is 0. The van der Waals surface area contributed by atoms with Crippen LogP contribution < -0.4 is 10.2 Å². The van der Waals surface area contributed by atoms with Gasteiger partial charge in [-0.2, -0.15) is 0 Å². The second-order valence-electron chi connectivity index (χ2n) is 9.44. The molecule has 2 unspecified atom stereocenters. The van der Waals surface area contributed by atoms with Crippen LogP contribution >= 0.6 is 0 Å². The van der Waals surface area contributed by atoms with Gasteiger partial charge in [-0.1, -0.05) is 0 Å². The van der Waals surface area contributed by atoms with Crippen LogP contribution in [0.2, 0.25) is 0 Å². The van der Waals surface area contributed by atoms with E-state index in [0.717, 1.165) is 83.1 Å². The number of rotatable bonds is 4. The van der Waals surface area contributed by atoms with Crippen molar-refractivity contribution in [3.63, 3.8) is 0 Å². The number of likely N-dealkylation sites (tertiary alicyclic amines) is 1. The van der Waals surface area contributed by atoms with E-state index in [4.69, 9.17) is 9.47 Å². The molecule has 1 N–H and O–H groups in total. The summed E-state index contributed by atoms with van der Waals surface area (Å²) in [4.78, 5) is 19.7. The maximum absolute atomic E-state index is 12.8.